The monoisotopic (exact) mass is 309 g/mol. The van der Waals surface area contributed by atoms with Crippen molar-refractivity contribution in [1.29, 1.82) is 0 Å². The van der Waals surface area contributed by atoms with E-state index in [1.807, 2.05) is 13.0 Å². The summed E-state index contributed by atoms with van der Waals surface area (Å²) in [7, 11) is -4.04. The Balaban J connectivity index is 2.53. The van der Waals surface area contributed by atoms with Crippen LogP contribution in [-0.4, -0.2) is 19.5 Å². The molecule has 1 aromatic carbocycles. The van der Waals surface area contributed by atoms with E-state index in [1.165, 1.54) is 13.8 Å². The van der Waals surface area contributed by atoms with E-state index < -0.39 is 16.0 Å². The number of hydrogen-bond donors (Lipinski definition) is 2. The summed E-state index contributed by atoms with van der Waals surface area (Å²) in [5.74, 6) is -1.23. The molecule has 0 unspecified atom stereocenters. The van der Waals surface area contributed by atoms with E-state index in [0.29, 0.717) is 5.69 Å². The number of aryl methyl sites for hydroxylation is 3. The summed E-state index contributed by atoms with van der Waals surface area (Å²) in [5, 5.41) is 9.18. The van der Waals surface area contributed by atoms with Crippen molar-refractivity contribution >= 4 is 21.7 Å². The Bertz CT molecular complexity index is 805. The van der Waals surface area contributed by atoms with Crippen LogP contribution >= 0.6 is 0 Å². The van der Waals surface area contributed by atoms with E-state index in [1.54, 1.807) is 18.2 Å². The first-order valence-electron chi connectivity index (χ1n) is 6.15. The average molecular weight is 309 g/mol. The zero-order chi connectivity index (χ0) is 15.8. The fourth-order valence-electron chi connectivity index (χ4n) is 2.15. The van der Waals surface area contributed by atoms with Gasteiger partial charge in [0.25, 0.3) is 10.0 Å². The molecule has 0 aliphatic heterocycles. The highest BCUT2D eigenvalue weighted by Gasteiger charge is 2.30. The van der Waals surface area contributed by atoms with Crippen LogP contribution in [0.4, 0.5) is 5.69 Å². The molecule has 0 spiro atoms. The van der Waals surface area contributed by atoms with Crippen LogP contribution in [0.15, 0.2) is 33.6 Å². The third kappa shape index (κ3) is 2.92. The van der Waals surface area contributed by atoms with Gasteiger partial charge in [0.1, 0.15) is 22.0 Å². The Morgan fingerprint density at radius 1 is 1.19 bits per heavy atom. The minimum absolute atomic E-state index is 0.0463. The van der Waals surface area contributed by atoms with Crippen LogP contribution < -0.4 is 4.72 Å². The molecule has 6 nitrogen and oxygen atoms in total. The molecular formula is C14H15NO5S. The molecule has 0 radical (unpaired) electrons. The van der Waals surface area contributed by atoms with Gasteiger partial charge < -0.3 is 9.52 Å². The zero-order valence-electron chi connectivity index (χ0n) is 11.8. The lowest BCUT2D eigenvalue weighted by Crippen LogP contribution is -2.17. The van der Waals surface area contributed by atoms with Crippen molar-refractivity contribution in [2.24, 2.45) is 0 Å². The van der Waals surface area contributed by atoms with Crippen LogP contribution in [0.1, 0.15) is 27.4 Å². The first-order valence-corrected chi connectivity index (χ1v) is 7.63. The maximum absolute atomic E-state index is 12.4. The lowest BCUT2D eigenvalue weighted by atomic mass is 10.2. The topological polar surface area (TPSA) is 96.6 Å². The van der Waals surface area contributed by atoms with Gasteiger partial charge in [0.15, 0.2) is 0 Å². The van der Waals surface area contributed by atoms with E-state index in [0.717, 1.165) is 5.56 Å². The molecule has 112 valence electrons. The molecule has 1 aromatic heterocycles. The van der Waals surface area contributed by atoms with Gasteiger partial charge >= 0.3 is 5.97 Å². The van der Waals surface area contributed by atoms with E-state index >= 15 is 0 Å². The molecule has 0 saturated carbocycles. The van der Waals surface area contributed by atoms with E-state index in [9.17, 15) is 18.3 Å². The SMILES string of the molecule is Cc1cccc(NS(=O)(=O)c2c(C)oc(C)c2C(=O)O)c1. The largest absolute Gasteiger partial charge is 0.478 e. The lowest BCUT2D eigenvalue weighted by Gasteiger charge is -2.08. The summed E-state index contributed by atoms with van der Waals surface area (Å²) in [6, 6.07) is 6.78. The van der Waals surface area contributed by atoms with Crippen LogP contribution in [0, 0.1) is 20.8 Å². The van der Waals surface area contributed by atoms with Gasteiger partial charge in [0, 0.05) is 5.69 Å². The minimum atomic E-state index is -4.04. The Labute approximate surface area is 122 Å². The minimum Gasteiger partial charge on any atom is -0.478 e. The first kappa shape index (κ1) is 15.1. The number of anilines is 1. The highest BCUT2D eigenvalue weighted by Crippen LogP contribution is 2.28. The van der Waals surface area contributed by atoms with Gasteiger partial charge in [-0.1, -0.05) is 12.1 Å². The number of furan rings is 1. The van der Waals surface area contributed by atoms with Gasteiger partial charge in [-0.15, -0.1) is 0 Å². The molecule has 2 rings (SSSR count). The van der Waals surface area contributed by atoms with Gasteiger partial charge in [0.2, 0.25) is 0 Å². The normalized spacial score (nSPS) is 11.4. The Morgan fingerprint density at radius 2 is 1.86 bits per heavy atom. The van der Waals surface area contributed by atoms with Crippen LogP contribution in [-0.2, 0) is 10.0 Å². The number of nitrogens with one attached hydrogen (secondary N) is 1. The Morgan fingerprint density at radius 3 is 2.43 bits per heavy atom. The second kappa shape index (κ2) is 5.25. The second-order valence-electron chi connectivity index (χ2n) is 4.70. The standard InChI is InChI=1S/C14H15NO5S/c1-8-5-4-6-11(7-8)15-21(18,19)13-10(3)20-9(2)12(13)14(16)17/h4-7,15H,1-3H3,(H,16,17). The van der Waals surface area contributed by atoms with Gasteiger partial charge in [-0.2, -0.15) is 0 Å². The van der Waals surface area contributed by atoms with Crippen LogP contribution in [0.25, 0.3) is 0 Å². The van der Waals surface area contributed by atoms with Crippen molar-refractivity contribution in [3.8, 4) is 0 Å². The summed E-state index contributed by atoms with van der Waals surface area (Å²) in [5.41, 5.74) is 0.908. The van der Waals surface area contributed by atoms with Crippen molar-refractivity contribution in [3.05, 3.63) is 46.9 Å². The summed E-state index contributed by atoms with van der Waals surface area (Å²) < 4.78 is 32.4. The number of hydrogen-bond acceptors (Lipinski definition) is 4. The zero-order valence-corrected chi connectivity index (χ0v) is 12.6. The summed E-state index contributed by atoms with van der Waals surface area (Å²) in [6.45, 7) is 4.67. The Hall–Kier alpha value is -2.28. The predicted molar refractivity (Wildman–Crippen MR) is 77.1 cm³/mol. The van der Waals surface area contributed by atoms with Crippen molar-refractivity contribution < 1.29 is 22.7 Å². The fourth-order valence-corrected chi connectivity index (χ4v) is 3.61. The number of rotatable bonds is 4. The molecule has 0 fully saturated rings. The fraction of sp³-hybridized carbons (Fsp3) is 0.214. The predicted octanol–water partition coefficient (Wildman–Crippen LogP) is 2.70. The number of benzene rings is 1. The van der Waals surface area contributed by atoms with Gasteiger partial charge in [0.05, 0.1) is 0 Å². The van der Waals surface area contributed by atoms with E-state index in [2.05, 4.69) is 4.72 Å². The van der Waals surface area contributed by atoms with E-state index in [-0.39, 0.29) is 22.0 Å². The van der Waals surface area contributed by atoms with Crippen LogP contribution in [0.5, 0.6) is 0 Å². The highest BCUT2D eigenvalue weighted by molar-refractivity contribution is 7.92. The number of carbonyl (C=O) groups is 1. The molecule has 7 heteroatoms. The second-order valence-corrected chi connectivity index (χ2v) is 6.32. The lowest BCUT2D eigenvalue weighted by molar-refractivity contribution is 0.0691. The Kier molecular flexibility index (Phi) is 3.78. The number of carboxylic acids is 1. The molecule has 0 aliphatic rings. The van der Waals surface area contributed by atoms with Crippen molar-refractivity contribution in [2.75, 3.05) is 4.72 Å². The molecule has 2 N–H and O–H groups in total. The van der Waals surface area contributed by atoms with Crippen molar-refractivity contribution in [1.82, 2.24) is 0 Å². The molecule has 0 aliphatic carbocycles. The van der Waals surface area contributed by atoms with Crippen LogP contribution in [0.3, 0.4) is 0 Å². The molecule has 0 amide bonds. The number of carboxylic acid groups (broad SMARTS) is 1. The molecule has 21 heavy (non-hydrogen) atoms. The molecule has 0 atom stereocenters. The van der Waals surface area contributed by atoms with Gasteiger partial charge in [-0.3, -0.25) is 4.72 Å². The van der Waals surface area contributed by atoms with Crippen molar-refractivity contribution in [2.45, 2.75) is 25.7 Å². The molecule has 0 bridgehead atoms. The number of aromatic carboxylic acids is 1. The third-order valence-corrected chi connectivity index (χ3v) is 4.49. The molecular weight excluding hydrogens is 294 g/mol. The first-order chi connectivity index (χ1) is 9.72. The third-order valence-electron chi connectivity index (χ3n) is 2.96. The van der Waals surface area contributed by atoms with Gasteiger partial charge in [-0.25, -0.2) is 13.2 Å². The molecule has 1 heterocycles. The molecule has 2 aromatic rings. The van der Waals surface area contributed by atoms with E-state index in [4.69, 9.17) is 4.42 Å². The quantitative estimate of drug-likeness (QED) is 0.905. The maximum atomic E-state index is 12.4. The van der Waals surface area contributed by atoms with Crippen molar-refractivity contribution in [3.63, 3.8) is 0 Å². The summed E-state index contributed by atoms with van der Waals surface area (Å²) in [6.07, 6.45) is 0. The molecule has 0 saturated heterocycles. The van der Waals surface area contributed by atoms with Crippen LogP contribution in [0.2, 0.25) is 0 Å². The highest BCUT2D eigenvalue weighted by atomic mass is 32.2. The number of sulfonamides is 1. The smallest absolute Gasteiger partial charge is 0.340 e. The maximum Gasteiger partial charge on any atom is 0.340 e. The summed E-state index contributed by atoms with van der Waals surface area (Å²) >= 11 is 0. The average Bonchev–Trinajstić information content (AvgIpc) is 2.64. The van der Waals surface area contributed by atoms with Gasteiger partial charge in [-0.05, 0) is 38.5 Å². The summed E-state index contributed by atoms with van der Waals surface area (Å²) in [4.78, 5) is 10.9.